The molecule has 1 N–H and O–H groups in total. The number of piperidine rings is 1. The van der Waals surface area contributed by atoms with Crippen molar-refractivity contribution in [2.24, 2.45) is 5.92 Å². The zero-order valence-electron chi connectivity index (χ0n) is 16.6. The molecule has 5 nitrogen and oxygen atoms in total. The highest BCUT2D eigenvalue weighted by Crippen LogP contribution is 2.24. The number of amides is 1. The van der Waals surface area contributed by atoms with Crippen molar-refractivity contribution in [1.82, 2.24) is 10.2 Å². The van der Waals surface area contributed by atoms with Crippen LogP contribution >= 0.6 is 0 Å². The first kappa shape index (κ1) is 20.1. The van der Waals surface area contributed by atoms with Crippen LogP contribution in [-0.4, -0.2) is 43.5 Å². The minimum atomic E-state index is -0.422. The number of aryl methyl sites for hydroxylation is 1. The molecule has 1 fully saturated rings. The van der Waals surface area contributed by atoms with Crippen molar-refractivity contribution in [1.29, 1.82) is 0 Å². The quantitative estimate of drug-likeness (QED) is 0.782. The van der Waals surface area contributed by atoms with Gasteiger partial charge in [-0.3, -0.25) is 14.5 Å². The molecule has 0 saturated carbocycles. The summed E-state index contributed by atoms with van der Waals surface area (Å²) >= 11 is 0. The first-order valence-corrected chi connectivity index (χ1v) is 9.78. The van der Waals surface area contributed by atoms with Crippen molar-refractivity contribution in [2.75, 3.05) is 26.7 Å². The average Bonchev–Trinajstić information content (AvgIpc) is 2.72. The number of carbonyl (C=O) groups excluding carboxylic acids is 2. The normalized spacial score (nSPS) is 17.1. The Kier molecular flexibility index (Phi) is 6.82. The standard InChI is InChI=1S/C23H28N2O3/c1-17-6-3-8-19(12-17)20-9-4-7-18(13-20)15-25-11-5-10-21(16-25)23(27)24-14-22(26)28-2/h3-4,6-9,12-13,21H,5,10-11,14-16H2,1-2H3,(H,24,27). The second-order valence-corrected chi connectivity index (χ2v) is 7.44. The Bertz CT molecular complexity index is 834. The van der Waals surface area contributed by atoms with E-state index in [1.807, 2.05) is 0 Å². The summed E-state index contributed by atoms with van der Waals surface area (Å²) in [6.07, 6.45) is 1.83. The number of methoxy groups -OCH3 is 1. The van der Waals surface area contributed by atoms with Crippen molar-refractivity contribution in [3.63, 3.8) is 0 Å². The topological polar surface area (TPSA) is 58.6 Å². The molecule has 0 bridgehead atoms. The number of hydrogen-bond donors (Lipinski definition) is 1. The van der Waals surface area contributed by atoms with Crippen LogP contribution in [0.25, 0.3) is 11.1 Å². The van der Waals surface area contributed by atoms with E-state index >= 15 is 0 Å². The van der Waals surface area contributed by atoms with Gasteiger partial charge in [-0.25, -0.2) is 0 Å². The van der Waals surface area contributed by atoms with Gasteiger partial charge in [-0.2, -0.15) is 0 Å². The van der Waals surface area contributed by atoms with Gasteiger partial charge >= 0.3 is 5.97 Å². The highest BCUT2D eigenvalue weighted by Gasteiger charge is 2.26. The molecule has 0 spiro atoms. The van der Waals surface area contributed by atoms with Gasteiger partial charge in [0.15, 0.2) is 0 Å². The number of ether oxygens (including phenoxy) is 1. The van der Waals surface area contributed by atoms with Crippen LogP contribution in [0.1, 0.15) is 24.0 Å². The molecule has 0 radical (unpaired) electrons. The van der Waals surface area contributed by atoms with Gasteiger partial charge in [-0.05, 0) is 49.1 Å². The number of likely N-dealkylation sites (tertiary alicyclic amines) is 1. The smallest absolute Gasteiger partial charge is 0.325 e. The number of nitrogens with zero attached hydrogens (tertiary/aromatic N) is 1. The second-order valence-electron chi connectivity index (χ2n) is 7.44. The minimum absolute atomic E-state index is 0.0651. The van der Waals surface area contributed by atoms with Gasteiger partial charge in [0.25, 0.3) is 0 Å². The van der Waals surface area contributed by atoms with Crippen LogP contribution < -0.4 is 5.32 Å². The fourth-order valence-electron chi connectivity index (χ4n) is 3.72. The van der Waals surface area contributed by atoms with Crippen molar-refractivity contribution < 1.29 is 14.3 Å². The van der Waals surface area contributed by atoms with E-state index in [9.17, 15) is 9.59 Å². The number of esters is 1. The maximum absolute atomic E-state index is 12.3. The lowest BCUT2D eigenvalue weighted by Gasteiger charge is -2.32. The molecule has 1 atom stereocenters. The third-order valence-electron chi connectivity index (χ3n) is 5.20. The van der Waals surface area contributed by atoms with Crippen molar-refractivity contribution >= 4 is 11.9 Å². The van der Waals surface area contributed by atoms with Gasteiger partial charge in [0, 0.05) is 13.1 Å². The van der Waals surface area contributed by atoms with E-state index in [-0.39, 0.29) is 18.4 Å². The Morgan fingerprint density at radius 1 is 1.14 bits per heavy atom. The Morgan fingerprint density at radius 2 is 1.89 bits per heavy atom. The molecular formula is C23H28N2O3. The molecule has 1 unspecified atom stereocenters. The first-order valence-electron chi connectivity index (χ1n) is 9.78. The Hall–Kier alpha value is -2.66. The van der Waals surface area contributed by atoms with E-state index in [1.165, 1.54) is 29.4 Å². The largest absolute Gasteiger partial charge is 0.468 e. The zero-order valence-corrected chi connectivity index (χ0v) is 16.6. The maximum atomic E-state index is 12.3. The molecule has 1 aliphatic heterocycles. The van der Waals surface area contributed by atoms with E-state index < -0.39 is 5.97 Å². The van der Waals surface area contributed by atoms with Crippen molar-refractivity contribution in [3.05, 3.63) is 59.7 Å². The Balaban J connectivity index is 1.61. The lowest BCUT2D eigenvalue weighted by Crippen LogP contribution is -2.44. The van der Waals surface area contributed by atoms with Crippen LogP contribution in [0.2, 0.25) is 0 Å². The Morgan fingerprint density at radius 3 is 2.64 bits per heavy atom. The van der Waals surface area contributed by atoms with Crippen LogP contribution in [0.4, 0.5) is 0 Å². The maximum Gasteiger partial charge on any atom is 0.325 e. The number of carbonyl (C=O) groups is 2. The van der Waals surface area contributed by atoms with Crippen LogP contribution in [0, 0.1) is 12.8 Å². The van der Waals surface area contributed by atoms with Gasteiger partial charge in [-0.1, -0.05) is 48.0 Å². The summed E-state index contributed by atoms with van der Waals surface area (Å²) in [5, 5.41) is 2.68. The van der Waals surface area contributed by atoms with E-state index in [0.717, 1.165) is 25.9 Å². The summed E-state index contributed by atoms with van der Waals surface area (Å²) in [4.78, 5) is 25.9. The monoisotopic (exact) mass is 380 g/mol. The molecule has 1 heterocycles. The molecular weight excluding hydrogens is 352 g/mol. The predicted molar refractivity (Wildman–Crippen MR) is 110 cm³/mol. The molecule has 2 aromatic carbocycles. The fourth-order valence-corrected chi connectivity index (χ4v) is 3.72. The SMILES string of the molecule is COC(=O)CNC(=O)C1CCCN(Cc2cccc(-c3cccc(C)c3)c2)C1. The highest BCUT2D eigenvalue weighted by molar-refractivity contribution is 5.83. The van der Waals surface area contributed by atoms with Gasteiger partial charge in [0.2, 0.25) is 5.91 Å². The second kappa shape index (κ2) is 9.51. The van der Waals surface area contributed by atoms with Crippen LogP contribution in [-0.2, 0) is 20.9 Å². The molecule has 1 saturated heterocycles. The van der Waals surface area contributed by atoms with Gasteiger partial charge in [0.1, 0.15) is 6.54 Å². The molecule has 0 aromatic heterocycles. The van der Waals surface area contributed by atoms with Crippen molar-refractivity contribution in [2.45, 2.75) is 26.3 Å². The van der Waals surface area contributed by atoms with Crippen LogP contribution in [0.5, 0.6) is 0 Å². The van der Waals surface area contributed by atoms with Gasteiger partial charge in [-0.15, -0.1) is 0 Å². The van der Waals surface area contributed by atoms with E-state index in [1.54, 1.807) is 0 Å². The predicted octanol–water partition coefficient (Wildman–Crippen LogP) is 3.16. The average molecular weight is 380 g/mol. The Labute approximate surface area is 166 Å². The molecule has 0 aliphatic carbocycles. The lowest BCUT2D eigenvalue weighted by atomic mass is 9.96. The molecule has 5 heteroatoms. The summed E-state index contributed by atoms with van der Waals surface area (Å²) in [5.74, 6) is -0.573. The summed E-state index contributed by atoms with van der Waals surface area (Å²) < 4.78 is 4.58. The van der Waals surface area contributed by atoms with Crippen LogP contribution in [0.15, 0.2) is 48.5 Å². The molecule has 28 heavy (non-hydrogen) atoms. The summed E-state index contributed by atoms with van der Waals surface area (Å²) in [7, 11) is 1.32. The summed E-state index contributed by atoms with van der Waals surface area (Å²) in [6, 6.07) is 17.1. The molecule has 148 valence electrons. The summed E-state index contributed by atoms with van der Waals surface area (Å²) in [6.45, 7) is 4.55. The molecule has 1 amide bonds. The third kappa shape index (κ3) is 5.42. The van der Waals surface area contributed by atoms with Gasteiger partial charge < -0.3 is 10.1 Å². The third-order valence-corrected chi connectivity index (χ3v) is 5.20. The van der Waals surface area contributed by atoms with E-state index in [2.05, 4.69) is 70.4 Å². The molecule has 3 rings (SSSR count). The zero-order chi connectivity index (χ0) is 19.9. The van der Waals surface area contributed by atoms with Crippen molar-refractivity contribution in [3.8, 4) is 11.1 Å². The summed E-state index contributed by atoms with van der Waals surface area (Å²) in [5.41, 5.74) is 4.93. The van der Waals surface area contributed by atoms with E-state index in [0.29, 0.717) is 6.54 Å². The first-order chi connectivity index (χ1) is 13.5. The number of rotatable bonds is 6. The fraction of sp³-hybridized carbons (Fsp3) is 0.391. The van der Waals surface area contributed by atoms with Gasteiger partial charge in [0.05, 0.1) is 13.0 Å². The highest BCUT2D eigenvalue weighted by atomic mass is 16.5. The van der Waals surface area contributed by atoms with Crippen LogP contribution in [0.3, 0.4) is 0 Å². The number of hydrogen-bond acceptors (Lipinski definition) is 4. The lowest BCUT2D eigenvalue weighted by molar-refractivity contribution is -0.141. The number of benzene rings is 2. The molecule has 1 aliphatic rings. The molecule has 2 aromatic rings. The van der Waals surface area contributed by atoms with E-state index in [4.69, 9.17) is 0 Å². The number of nitrogens with one attached hydrogen (secondary N) is 1. The minimum Gasteiger partial charge on any atom is -0.468 e.